The van der Waals surface area contributed by atoms with E-state index in [1.54, 1.807) is 26.6 Å². The highest BCUT2D eigenvalue weighted by atomic mass is 16.5. The first-order chi connectivity index (χ1) is 13.0. The second-order valence-corrected chi connectivity index (χ2v) is 5.90. The number of pyridine rings is 1. The molecular weight excluding hydrogens is 348 g/mol. The number of methoxy groups -OCH3 is 2. The molecule has 9 nitrogen and oxygen atoms in total. The van der Waals surface area contributed by atoms with Crippen molar-refractivity contribution < 1.29 is 14.3 Å². The Morgan fingerprint density at radius 2 is 2.11 bits per heavy atom. The molecular formula is C18H22N6O3. The number of primary amides is 1. The summed E-state index contributed by atoms with van der Waals surface area (Å²) in [5, 5.41) is 0. The van der Waals surface area contributed by atoms with Gasteiger partial charge in [0.25, 0.3) is 5.88 Å². The van der Waals surface area contributed by atoms with E-state index >= 15 is 0 Å². The van der Waals surface area contributed by atoms with Crippen LogP contribution in [0.1, 0.15) is 25.6 Å². The van der Waals surface area contributed by atoms with Crippen molar-refractivity contribution in [2.24, 2.45) is 5.73 Å². The molecule has 0 aromatic carbocycles. The van der Waals surface area contributed by atoms with E-state index in [0.29, 0.717) is 35.2 Å². The molecule has 0 bridgehead atoms. The summed E-state index contributed by atoms with van der Waals surface area (Å²) in [4.78, 5) is 26.4. The molecule has 3 rings (SSSR count). The van der Waals surface area contributed by atoms with Gasteiger partial charge in [0, 0.05) is 30.7 Å². The van der Waals surface area contributed by atoms with Crippen LogP contribution in [0.5, 0.6) is 11.6 Å². The lowest BCUT2D eigenvalue weighted by molar-refractivity contribution is 0.191. The molecule has 0 radical (unpaired) electrons. The van der Waals surface area contributed by atoms with Gasteiger partial charge in [0.15, 0.2) is 5.65 Å². The zero-order valence-corrected chi connectivity index (χ0v) is 15.7. The van der Waals surface area contributed by atoms with Crippen molar-refractivity contribution in [3.8, 4) is 22.9 Å². The highest BCUT2D eigenvalue weighted by molar-refractivity contribution is 5.73. The Hall–Kier alpha value is -3.36. The topological polar surface area (TPSA) is 108 Å². The molecule has 2 amide bonds. The molecule has 9 heteroatoms. The summed E-state index contributed by atoms with van der Waals surface area (Å²) >= 11 is 0. The van der Waals surface area contributed by atoms with Crippen LogP contribution in [0.3, 0.4) is 0 Å². The molecule has 142 valence electrons. The fourth-order valence-electron chi connectivity index (χ4n) is 3.00. The van der Waals surface area contributed by atoms with Crippen molar-refractivity contribution in [3.63, 3.8) is 0 Å². The predicted molar refractivity (Wildman–Crippen MR) is 99.7 cm³/mol. The van der Waals surface area contributed by atoms with Gasteiger partial charge in [-0.15, -0.1) is 0 Å². The average molecular weight is 370 g/mol. The lowest BCUT2D eigenvalue weighted by Gasteiger charge is -2.26. The Morgan fingerprint density at radius 3 is 2.74 bits per heavy atom. The molecule has 3 aromatic heterocycles. The lowest BCUT2D eigenvalue weighted by atomic mass is 10.1. The van der Waals surface area contributed by atoms with Crippen molar-refractivity contribution in [1.82, 2.24) is 24.3 Å². The maximum absolute atomic E-state index is 11.7. The van der Waals surface area contributed by atoms with E-state index < -0.39 is 6.03 Å². The normalized spacial score (nSPS) is 12.0. The summed E-state index contributed by atoms with van der Waals surface area (Å²) in [6, 6.07) is 1.06. The van der Waals surface area contributed by atoms with E-state index in [1.165, 1.54) is 4.90 Å². The number of imidazole rings is 1. The van der Waals surface area contributed by atoms with E-state index in [-0.39, 0.29) is 6.04 Å². The number of hydrogen-bond donors (Lipinski definition) is 1. The van der Waals surface area contributed by atoms with E-state index in [0.717, 1.165) is 5.56 Å². The number of nitrogens with zero attached hydrogens (tertiary/aromatic N) is 5. The number of hydrogen-bond acceptors (Lipinski definition) is 6. The van der Waals surface area contributed by atoms with Crippen LogP contribution in [-0.2, 0) is 0 Å². The molecule has 0 unspecified atom stereocenters. The summed E-state index contributed by atoms with van der Waals surface area (Å²) in [5.74, 6) is 0.959. The predicted octanol–water partition coefficient (Wildman–Crippen LogP) is 2.27. The van der Waals surface area contributed by atoms with Gasteiger partial charge in [-0.05, 0) is 19.9 Å². The van der Waals surface area contributed by atoms with Crippen molar-refractivity contribution in [2.45, 2.75) is 19.9 Å². The molecule has 0 aliphatic rings. The Kier molecular flexibility index (Phi) is 5.11. The van der Waals surface area contributed by atoms with Gasteiger partial charge >= 0.3 is 6.03 Å². The van der Waals surface area contributed by atoms with Gasteiger partial charge in [0.2, 0.25) is 0 Å². The van der Waals surface area contributed by atoms with Crippen LogP contribution < -0.4 is 15.2 Å². The van der Waals surface area contributed by atoms with Gasteiger partial charge in [-0.2, -0.15) is 0 Å². The number of amides is 2. The Balaban J connectivity index is 2.13. The summed E-state index contributed by atoms with van der Waals surface area (Å²) in [5.41, 5.74) is 8.13. The molecule has 1 atom stereocenters. The molecule has 0 fully saturated rings. The minimum atomic E-state index is -0.496. The summed E-state index contributed by atoms with van der Waals surface area (Å²) in [7, 11) is 3.11. The standard InChI is InChI=1S/C18H22N6O3/c1-5-24(18(19)25)11(2)13-8-12(15(26-3)9-21-13)14-10-23-7-6-20-16(23)17(22-14)27-4/h6-11H,5H2,1-4H3,(H2,19,25)/t11-/m1/s1. The first kappa shape index (κ1) is 18.4. The minimum Gasteiger partial charge on any atom is -0.494 e. The molecule has 0 saturated carbocycles. The zero-order chi connectivity index (χ0) is 19.6. The number of nitrogens with two attached hydrogens (primary N) is 1. The molecule has 3 heterocycles. The van der Waals surface area contributed by atoms with Gasteiger partial charge in [0.05, 0.1) is 37.8 Å². The van der Waals surface area contributed by atoms with Gasteiger partial charge in [-0.3, -0.25) is 4.98 Å². The van der Waals surface area contributed by atoms with Crippen LogP contribution in [0.15, 0.2) is 30.9 Å². The van der Waals surface area contributed by atoms with Crippen molar-refractivity contribution in [3.05, 3.63) is 36.5 Å². The molecule has 0 aliphatic carbocycles. The molecule has 3 aromatic rings. The zero-order valence-electron chi connectivity index (χ0n) is 15.7. The molecule has 2 N–H and O–H groups in total. The highest BCUT2D eigenvalue weighted by Gasteiger charge is 2.21. The monoisotopic (exact) mass is 370 g/mol. The Morgan fingerprint density at radius 1 is 1.33 bits per heavy atom. The minimum absolute atomic E-state index is 0.295. The van der Waals surface area contributed by atoms with Crippen molar-refractivity contribution >= 4 is 11.7 Å². The smallest absolute Gasteiger partial charge is 0.315 e. The van der Waals surface area contributed by atoms with E-state index in [4.69, 9.17) is 15.2 Å². The third-order valence-corrected chi connectivity index (χ3v) is 4.44. The van der Waals surface area contributed by atoms with Crippen LogP contribution in [0.25, 0.3) is 16.9 Å². The van der Waals surface area contributed by atoms with E-state index in [9.17, 15) is 4.79 Å². The van der Waals surface area contributed by atoms with Crippen molar-refractivity contribution in [1.29, 1.82) is 0 Å². The number of rotatable bonds is 6. The fourth-order valence-corrected chi connectivity index (χ4v) is 3.00. The SMILES string of the molecule is CCN(C(N)=O)[C@H](C)c1cc(-c2cn3ccnc3c(OC)n2)c(OC)cn1. The quantitative estimate of drug-likeness (QED) is 0.713. The van der Waals surface area contributed by atoms with E-state index in [2.05, 4.69) is 15.0 Å². The third-order valence-electron chi connectivity index (χ3n) is 4.44. The molecule has 0 spiro atoms. The van der Waals surface area contributed by atoms with Crippen LogP contribution in [-0.4, -0.2) is 51.0 Å². The first-order valence-corrected chi connectivity index (χ1v) is 8.48. The van der Waals surface area contributed by atoms with Gasteiger partial charge < -0.3 is 24.5 Å². The van der Waals surface area contributed by atoms with Crippen molar-refractivity contribution in [2.75, 3.05) is 20.8 Å². The number of carbonyl (C=O) groups excluding carboxylic acids is 1. The maximum atomic E-state index is 11.7. The highest BCUT2D eigenvalue weighted by Crippen LogP contribution is 2.33. The summed E-state index contributed by atoms with van der Waals surface area (Å²) in [6.45, 7) is 4.22. The third kappa shape index (κ3) is 3.35. The number of urea groups is 1. The van der Waals surface area contributed by atoms with Gasteiger partial charge in [-0.25, -0.2) is 14.8 Å². The first-order valence-electron chi connectivity index (χ1n) is 8.48. The molecule has 27 heavy (non-hydrogen) atoms. The lowest BCUT2D eigenvalue weighted by Crippen LogP contribution is -2.37. The fraction of sp³-hybridized carbons (Fsp3) is 0.333. The second-order valence-electron chi connectivity index (χ2n) is 5.90. The number of fused-ring (bicyclic) bond motifs is 1. The molecule has 0 saturated heterocycles. The van der Waals surface area contributed by atoms with Crippen LogP contribution in [0, 0.1) is 0 Å². The van der Waals surface area contributed by atoms with Gasteiger partial charge in [-0.1, -0.05) is 0 Å². The number of carbonyl (C=O) groups is 1. The number of aromatic nitrogens is 4. The summed E-state index contributed by atoms with van der Waals surface area (Å²) < 4.78 is 12.7. The van der Waals surface area contributed by atoms with Crippen LogP contribution in [0.2, 0.25) is 0 Å². The Labute approximate surface area is 156 Å². The van der Waals surface area contributed by atoms with E-state index in [1.807, 2.05) is 36.7 Å². The maximum Gasteiger partial charge on any atom is 0.315 e. The Bertz CT molecular complexity index is 971. The van der Waals surface area contributed by atoms with Crippen LogP contribution >= 0.6 is 0 Å². The molecule has 0 aliphatic heterocycles. The van der Waals surface area contributed by atoms with Crippen LogP contribution in [0.4, 0.5) is 4.79 Å². The second kappa shape index (κ2) is 7.48. The average Bonchev–Trinajstić information content (AvgIpc) is 3.15. The summed E-state index contributed by atoms with van der Waals surface area (Å²) in [6.07, 6.45) is 6.93. The number of ether oxygens (including phenoxy) is 2. The van der Waals surface area contributed by atoms with Gasteiger partial charge in [0.1, 0.15) is 5.75 Å². The largest absolute Gasteiger partial charge is 0.494 e.